The first kappa shape index (κ1) is 15.0. The Hall–Kier alpha value is -1.38. The van der Waals surface area contributed by atoms with Crippen LogP contribution in [0, 0.1) is 0 Å². The van der Waals surface area contributed by atoms with Crippen molar-refractivity contribution in [2.45, 2.75) is 13.3 Å². The number of hydrogen-bond donors (Lipinski definition) is 0. The Bertz CT molecular complexity index is 514. The molecular formula is C15H17O3PS. The van der Waals surface area contributed by atoms with Gasteiger partial charge in [0.25, 0.3) is 0 Å². The summed E-state index contributed by atoms with van der Waals surface area (Å²) in [5.41, 5.74) is 0. The Morgan fingerprint density at radius 1 is 0.900 bits per heavy atom. The first-order valence-corrected chi connectivity index (χ1v) is 9.59. The van der Waals surface area contributed by atoms with Crippen LogP contribution in [0.2, 0.25) is 0 Å². The van der Waals surface area contributed by atoms with Crippen LogP contribution < -0.4 is 9.05 Å². The number of para-hydroxylation sites is 2. The van der Waals surface area contributed by atoms with Crippen molar-refractivity contribution in [3.05, 3.63) is 60.7 Å². The van der Waals surface area contributed by atoms with E-state index in [1.807, 2.05) is 43.3 Å². The molecule has 20 heavy (non-hydrogen) atoms. The molecule has 0 saturated carbocycles. The summed E-state index contributed by atoms with van der Waals surface area (Å²) in [6.07, 6.45) is 0.908. The SMILES string of the molecule is CCCSP(=O)(Oc1ccccc1)Oc1ccccc1. The maximum absolute atomic E-state index is 12.8. The summed E-state index contributed by atoms with van der Waals surface area (Å²) in [4.78, 5) is 0. The van der Waals surface area contributed by atoms with E-state index < -0.39 is 6.80 Å². The molecule has 0 heterocycles. The maximum atomic E-state index is 12.8. The van der Waals surface area contributed by atoms with Crippen molar-refractivity contribution in [3.8, 4) is 11.5 Å². The van der Waals surface area contributed by atoms with Gasteiger partial charge in [0, 0.05) is 5.75 Å². The Labute approximate surface area is 123 Å². The van der Waals surface area contributed by atoms with E-state index in [9.17, 15) is 4.57 Å². The normalized spacial score (nSPS) is 11.1. The monoisotopic (exact) mass is 308 g/mol. The van der Waals surface area contributed by atoms with Crippen molar-refractivity contribution < 1.29 is 13.6 Å². The second-order valence-electron chi connectivity index (χ2n) is 4.09. The molecule has 0 radical (unpaired) electrons. The van der Waals surface area contributed by atoms with Gasteiger partial charge < -0.3 is 9.05 Å². The van der Waals surface area contributed by atoms with Crippen molar-refractivity contribution in [2.75, 3.05) is 5.75 Å². The van der Waals surface area contributed by atoms with Crippen LogP contribution in [0.3, 0.4) is 0 Å². The van der Waals surface area contributed by atoms with Gasteiger partial charge in [0.05, 0.1) is 0 Å². The molecule has 0 saturated heterocycles. The van der Waals surface area contributed by atoms with Gasteiger partial charge in [0.15, 0.2) is 0 Å². The van der Waals surface area contributed by atoms with Crippen LogP contribution in [0.1, 0.15) is 13.3 Å². The molecule has 0 bridgehead atoms. The molecular weight excluding hydrogens is 291 g/mol. The average molecular weight is 308 g/mol. The lowest BCUT2D eigenvalue weighted by atomic mass is 10.3. The highest BCUT2D eigenvalue weighted by Gasteiger charge is 2.28. The van der Waals surface area contributed by atoms with Gasteiger partial charge in [-0.2, -0.15) is 0 Å². The van der Waals surface area contributed by atoms with Crippen molar-refractivity contribution >= 4 is 18.2 Å². The smallest absolute Gasteiger partial charge is 0.408 e. The Balaban J connectivity index is 2.15. The molecule has 2 aromatic rings. The van der Waals surface area contributed by atoms with Gasteiger partial charge >= 0.3 is 6.80 Å². The Morgan fingerprint density at radius 3 is 1.75 bits per heavy atom. The lowest BCUT2D eigenvalue weighted by Gasteiger charge is -2.18. The molecule has 106 valence electrons. The largest absolute Gasteiger partial charge is 0.492 e. The standard InChI is InChI=1S/C15H17O3PS/c1-2-13-20-19(16,17-14-9-5-3-6-10-14)18-15-11-7-4-8-12-15/h3-12H,2,13H2,1H3. The third kappa shape index (κ3) is 4.62. The van der Waals surface area contributed by atoms with E-state index in [0.29, 0.717) is 11.5 Å². The molecule has 0 unspecified atom stereocenters. The van der Waals surface area contributed by atoms with Crippen LogP contribution in [0.15, 0.2) is 60.7 Å². The van der Waals surface area contributed by atoms with E-state index >= 15 is 0 Å². The second-order valence-corrected chi connectivity index (χ2v) is 8.13. The molecule has 0 aromatic heterocycles. The first-order valence-electron chi connectivity index (χ1n) is 6.46. The highest BCUT2D eigenvalue weighted by Crippen LogP contribution is 2.59. The van der Waals surface area contributed by atoms with Crippen molar-refractivity contribution in [3.63, 3.8) is 0 Å². The molecule has 2 aromatic carbocycles. The third-order valence-electron chi connectivity index (χ3n) is 2.37. The quantitative estimate of drug-likeness (QED) is 0.642. The summed E-state index contributed by atoms with van der Waals surface area (Å²) in [7, 11) is 0. The van der Waals surface area contributed by atoms with Crippen LogP contribution in [0.25, 0.3) is 0 Å². The molecule has 0 spiro atoms. The van der Waals surface area contributed by atoms with Gasteiger partial charge in [0.2, 0.25) is 0 Å². The third-order valence-corrected chi connectivity index (χ3v) is 6.09. The molecule has 0 atom stereocenters. The van der Waals surface area contributed by atoms with Gasteiger partial charge in [-0.1, -0.05) is 43.3 Å². The zero-order chi connectivity index (χ0) is 14.3. The minimum absolute atomic E-state index is 0.551. The van der Waals surface area contributed by atoms with E-state index in [0.717, 1.165) is 12.2 Å². The fourth-order valence-corrected chi connectivity index (χ4v) is 4.86. The Kier molecular flexibility index (Phi) is 5.57. The van der Waals surface area contributed by atoms with Crippen LogP contribution in [-0.4, -0.2) is 5.75 Å². The molecule has 0 amide bonds. The van der Waals surface area contributed by atoms with Crippen LogP contribution in [0.4, 0.5) is 0 Å². The first-order chi connectivity index (χ1) is 9.72. The zero-order valence-electron chi connectivity index (χ0n) is 11.3. The van der Waals surface area contributed by atoms with Gasteiger partial charge in [-0.3, -0.25) is 0 Å². The molecule has 0 aliphatic heterocycles. The number of benzene rings is 2. The van der Waals surface area contributed by atoms with Crippen molar-refractivity contribution in [2.24, 2.45) is 0 Å². The van der Waals surface area contributed by atoms with E-state index in [2.05, 4.69) is 0 Å². The van der Waals surface area contributed by atoms with E-state index in [1.54, 1.807) is 24.3 Å². The van der Waals surface area contributed by atoms with E-state index in [-0.39, 0.29) is 0 Å². The van der Waals surface area contributed by atoms with Gasteiger partial charge in [-0.15, -0.1) is 0 Å². The van der Waals surface area contributed by atoms with Crippen LogP contribution in [0.5, 0.6) is 11.5 Å². The summed E-state index contributed by atoms with van der Waals surface area (Å²) in [6, 6.07) is 18.2. The van der Waals surface area contributed by atoms with E-state index in [4.69, 9.17) is 9.05 Å². The molecule has 0 aliphatic carbocycles. The topological polar surface area (TPSA) is 35.5 Å². The Morgan fingerprint density at radius 2 is 1.35 bits per heavy atom. The highest BCUT2D eigenvalue weighted by atomic mass is 32.7. The predicted molar refractivity (Wildman–Crippen MR) is 84.5 cm³/mol. The predicted octanol–water partition coefficient (Wildman–Crippen LogP) is 5.40. The highest BCUT2D eigenvalue weighted by molar-refractivity contribution is 8.55. The van der Waals surface area contributed by atoms with Crippen LogP contribution in [-0.2, 0) is 4.57 Å². The summed E-state index contributed by atoms with van der Waals surface area (Å²) < 4.78 is 24.0. The minimum atomic E-state index is -3.26. The zero-order valence-corrected chi connectivity index (χ0v) is 13.0. The van der Waals surface area contributed by atoms with E-state index in [1.165, 1.54) is 11.4 Å². The van der Waals surface area contributed by atoms with Crippen molar-refractivity contribution in [1.82, 2.24) is 0 Å². The molecule has 2 rings (SSSR count). The summed E-state index contributed by atoms with van der Waals surface area (Å²) >= 11 is 1.22. The fourth-order valence-electron chi connectivity index (χ4n) is 1.50. The van der Waals surface area contributed by atoms with Gasteiger partial charge in [-0.05, 0) is 42.1 Å². The summed E-state index contributed by atoms with van der Waals surface area (Å²) in [5, 5.41) is 0. The molecule has 3 nitrogen and oxygen atoms in total. The lowest BCUT2D eigenvalue weighted by molar-refractivity contribution is 0.408. The number of hydrogen-bond acceptors (Lipinski definition) is 4. The van der Waals surface area contributed by atoms with Crippen LogP contribution >= 0.6 is 18.2 Å². The lowest BCUT2D eigenvalue weighted by Crippen LogP contribution is -1.98. The number of rotatable bonds is 7. The average Bonchev–Trinajstić information content (AvgIpc) is 2.47. The molecule has 0 fully saturated rings. The molecule has 0 N–H and O–H groups in total. The summed E-state index contributed by atoms with van der Waals surface area (Å²) in [5.74, 6) is 1.82. The summed E-state index contributed by atoms with van der Waals surface area (Å²) in [6.45, 7) is -1.23. The minimum Gasteiger partial charge on any atom is -0.408 e. The molecule has 0 aliphatic rings. The van der Waals surface area contributed by atoms with Gasteiger partial charge in [0.1, 0.15) is 11.5 Å². The fraction of sp³-hybridized carbons (Fsp3) is 0.200. The second kappa shape index (κ2) is 7.41. The molecule has 5 heteroatoms. The van der Waals surface area contributed by atoms with Gasteiger partial charge in [-0.25, -0.2) is 4.57 Å². The maximum Gasteiger partial charge on any atom is 0.492 e. The van der Waals surface area contributed by atoms with Crippen molar-refractivity contribution in [1.29, 1.82) is 0 Å².